The minimum atomic E-state index is -0.601. The second-order valence-electron chi connectivity index (χ2n) is 9.24. The maximum Gasteiger partial charge on any atom is 0.258 e. The molecule has 0 aromatic heterocycles. The molecule has 2 amide bonds. The van der Waals surface area contributed by atoms with Gasteiger partial charge in [-0.3, -0.25) is 14.5 Å². The predicted molar refractivity (Wildman–Crippen MR) is 135 cm³/mol. The summed E-state index contributed by atoms with van der Waals surface area (Å²) in [5.41, 5.74) is 0.760. The monoisotopic (exact) mass is 485 g/mol. The standard InChI is InChI=1S/C27H36FN3O4/c1-6-13-31-15-18(2)25(34-5)16-30(4)27(33)22-12-11-20(14-24(22)35-17-19(31)3)29-26(32)21-9-7-8-10-23(21)28/h7-12,14,18-19,25H,6,13,15-17H2,1-5H3,(H,29,32)/t18-,19-,25-/m0/s1. The minimum absolute atomic E-state index is 0.0550. The van der Waals surface area contributed by atoms with Gasteiger partial charge in [-0.2, -0.15) is 0 Å². The highest BCUT2D eigenvalue weighted by atomic mass is 19.1. The molecule has 1 aliphatic heterocycles. The maximum absolute atomic E-state index is 14.0. The number of benzene rings is 2. The van der Waals surface area contributed by atoms with E-state index in [-0.39, 0.29) is 29.5 Å². The van der Waals surface area contributed by atoms with Crippen molar-refractivity contribution in [3.8, 4) is 5.75 Å². The highest BCUT2D eigenvalue weighted by Gasteiger charge is 2.28. The molecule has 0 bridgehead atoms. The topological polar surface area (TPSA) is 71.1 Å². The fourth-order valence-corrected chi connectivity index (χ4v) is 4.37. The zero-order valence-electron chi connectivity index (χ0n) is 21.2. The van der Waals surface area contributed by atoms with Crippen LogP contribution in [0.2, 0.25) is 0 Å². The quantitative estimate of drug-likeness (QED) is 0.684. The van der Waals surface area contributed by atoms with Crippen molar-refractivity contribution in [2.24, 2.45) is 5.92 Å². The van der Waals surface area contributed by atoms with E-state index in [0.29, 0.717) is 30.2 Å². The largest absolute Gasteiger partial charge is 0.491 e. The van der Waals surface area contributed by atoms with E-state index in [2.05, 4.69) is 31.0 Å². The molecule has 2 aromatic carbocycles. The van der Waals surface area contributed by atoms with Crippen molar-refractivity contribution < 1.29 is 23.5 Å². The Balaban J connectivity index is 1.92. The zero-order chi connectivity index (χ0) is 25.5. The van der Waals surface area contributed by atoms with Crippen molar-refractivity contribution in [2.45, 2.75) is 39.3 Å². The van der Waals surface area contributed by atoms with Gasteiger partial charge in [0.05, 0.1) is 17.2 Å². The van der Waals surface area contributed by atoms with Gasteiger partial charge in [0.25, 0.3) is 11.8 Å². The van der Waals surface area contributed by atoms with E-state index in [9.17, 15) is 14.0 Å². The number of amides is 2. The van der Waals surface area contributed by atoms with Crippen LogP contribution in [0.25, 0.3) is 0 Å². The molecule has 0 fully saturated rings. The van der Waals surface area contributed by atoms with Gasteiger partial charge in [-0.15, -0.1) is 0 Å². The summed E-state index contributed by atoms with van der Waals surface area (Å²) in [6.07, 6.45) is 0.897. The summed E-state index contributed by atoms with van der Waals surface area (Å²) in [6, 6.07) is 10.8. The Labute approximate surface area is 207 Å². The highest BCUT2D eigenvalue weighted by molar-refractivity contribution is 6.05. The second kappa shape index (κ2) is 12.1. The molecule has 35 heavy (non-hydrogen) atoms. The number of likely N-dealkylation sites (N-methyl/N-ethyl adjacent to an activating group) is 1. The number of halogens is 1. The Kier molecular flexibility index (Phi) is 9.23. The van der Waals surface area contributed by atoms with Crippen molar-refractivity contribution >= 4 is 17.5 Å². The van der Waals surface area contributed by atoms with E-state index in [1.54, 1.807) is 43.3 Å². The summed E-state index contributed by atoms with van der Waals surface area (Å²) < 4.78 is 26.0. The molecule has 3 rings (SSSR count). The first kappa shape index (κ1) is 26.6. The van der Waals surface area contributed by atoms with E-state index in [1.165, 1.54) is 18.2 Å². The first-order valence-corrected chi connectivity index (χ1v) is 12.1. The Morgan fingerprint density at radius 1 is 1.20 bits per heavy atom. The van der Waals surface area contributed by atoms with Gasteiger partial charge in [-0.25, -0.2) is 4.39 Å². The van der Waals surface area contributed by atoms with Crippen LogP contribution in [0, 0.1) is 11.7 Å². The van der Waals surface area contributed by atoms with Crippen molar-refractivity contribution in [2.75, 3.05) is 45.7 Å². The SMILES string of the molecule is CCCN1C[C@H](C)[C@@H](OC)CN(C)C(=O)c2ccc(NC(=O)c3ccccc3F)cc2OC[C@@H]1C. The third kappa shape index (κ3) is 6.58. The molecule has 0 spiro atoms. The van der Waals surface area contributed by atoms with Crippen LogP contribution in [-0.4, -0.2) is 74.2 Å². The minimum Gasteiger partial charge on any atom is -0.491 e. The molecule has 7 nitrogen and oxygen atoms in total. The van der Waals surface area contributed by atoms with E-state index in [4.69, 9.17) is 9.47 Å². The van der Waals surface area contributed by atoms with E-state index >= 15 is 0 Å². The summed E-state index contributed by atoms with van der Waals surface area (Å²) >= 11 is 0. The van der Waals surface area contributed by atoms with Gasteiger partial charge >= 0.3 is 0 Å². The van der Waals surface area contributed by atoms with Crippen LogP contribution < -0.4 is 10.1 Å². The van der Waals surface area contributed by atoms with Crippen molar-refractivity contribution in [1.82, 2.24) is 9.80 Å². The van der Waals surface area contributed by atoms with Crippen molar-refractivity contribution in [1.29, 1.82) is 0 Å². The molecular weight excluding hydrogens is 449 g/mol. The van der Waals surface area contributed by atoms with Gasteiger partial charge in [-0.05, 0) is 50.1 Å². The number of hydrogen-bond acceptors (Lipinski definition) is 5. The molecule has 0 aliphatic carbocycles. The van der Waals surface area contributed by atoms with E-state index < -0.39 is 11.7 Å². The summed E-state index contributed by atoms with van der Waals surface area (Å²) in [5.74, 6) is -0.770. The van der Waals surface area contributed by atoms with Gasteiger partial charge in [0, 0.05) is 45.0 Å². The number of nitrogens with zero attached hydrogens (tertiary/aromatic N) is 2. The molecule has 0 saturated carbocycles. The fraction of sp³-hybridized carbons (Fsp3) is 0.481. The average Bonchev–Trinajstić information content (AvgIpc) is 2.84. The Bertz CT molecular complexity index is 1030. The number of carbonyl (C=O) groups excluding carboxylic acids is 2. The maximum atomic E-state index is 14.0. The number of nitrogens with one attached hydrogen (secondary N) is 1. The highest BCUT2D eigenvalue weighted by Crippen LogP contribution is 2.27. The number of carbonyl (C=O) groups is 2. The number of rotatable bonds is 5. The molecule has 0 unspecified atom stereocenters. The van der Waals surface area contributed by atoms with Crippen LogP contribution in [0.15, 0.2) is 42.5 Å². The van der Waals surface area contributed by atoms with Crippen molar-refractivity contribution in [3.63, 3.8) is 0 Å². The van der Waals surface area contributed by atoms with Gasteiger partial charge in [0.2, 0.25) is 0 Å². The number of ether oxygens (including phenoxy) is 2. The summed E-state index contributed by atoms with van der Waals surface area (Å²) in [6.45, 7) is 8.96. The van der Waals surface area contributed by atoms with E-state index in [0.717, 1.165) is 19.5 Å². The molecular formula is C27H36FN3O4. The normalized spacial score (nSPS) is 21.9. The molecule has 8 heteroatoms. The molecule has 190 valence electrons. The molecule has 3 atom stereocenters. The molecule has 1 aliphatic rings. The van der Waals surface area contributed by atoms with Crippen molar-refractivity contribution in [3.05, 3.63) is 59.4 Å². The lowest BCUT2D eigenvalue weighted by Gasteiger charge is -2.35. The third-order valence-electron chi connectivity index (χ3n) is 6.46. The number of fused-ring (bicyclic) bond motifs is 1. The third-order valence-corrected chi connectivity index (χ3v) is 6.46. The zero-order valence-corrected chi connectivity index (χ0v) is 21.2. The van der Waals surface area contributed by atoms with E-state index in [1.807, 2.05) is 0 Å². The molecule has 1 heterocycles. The van der Waals surface area contributed by atoms with Crippen LogP contribution in [-0.2, 0) is 4.74 Å². The van der Waals surface area contributed by atoms with Gasteiger partial charge in [-0.1, -0.05) is 26.0 Å². The number of anilines is 1. The summed E-state index contributed by atoms with van der Waals surface area (Å²) in [5, 5.41) is 2.71. The fourth-order valence-electron chi connectivity index (χ4n) is 4.37. The van der Waals surface area contributed by atoms with Gasteiger partial charge in [0.1, 0.15) is 18.2 Å². The Hall–Kier alpha value is -2.97. The number of hydrogen-bond donors (Lipinski definition) is 1. The smallest absolute Gasteiger partial charge is 0.258 e. The molecule has 1 N–H and O–H groups in total. The second-order valence-corrected chi connectivity index (χ2v) is 9.24. The average molecular weight is 486 g/mol. The molecule has 0 saturated heterocycles. The van der Waals surface area contributed by atoms with Gasteiger partial charge < -0.3 is 19.7 Å². The Morgan fingerprint density at radius 2 is 1.94 bits per heavy atom. The Morgan fingerprint density at radius 3 is 2.63 bits per heavy atom. The van der Waals surface area contributed by atoms with Crippen LogP contribution in [0.3, 0.4) is 0 Å². The summed E-state index contributed by atoms with van der Waals surface area (Å²) in [7, 11) is 3.43. The van der Waals surface area contributed by atoms with Gasteiger partial charge in [0.15, 0.2) is 0 Å². The lowest BCUT2D eigenvalue weighted by atomic mass is 10.0. The van der Waals surface area contributed by atoms with Crippen LogP contribution >= 0.6 is 0 Å². The van der Waals surface area contributed by atoms with Crippen LogP contribution in [0.4, 0.5) is 10.1 Å². The summed E-state index contributed by atoms with van der Waals surface area (Å²) in [4.78, 5) is 29.9. The molecule has 2 aromatic rings. The lowest BCUT2D eigenvalue weighted by Crippen LogP contribution is -2.46. The van der Waals surface area contributed by atoms with Crippen LogP contribution in [0.5, 0.6) is 5.75 Å². The first-order chi connectivity index (χ1) is 16.7. The first-order valence-electron chi connectivity index (χ1n) is 12.1. The predicted octanol–water partition coefficient (Wildman–Crippen LogP) is 4.29. The number of methoxy groups -OCH3 is 1. The lowest BCUT2D eigenvalue weighted by molar-refractivity contribution is 0.0108. The van der Waals surface area contributed by atoms with Crippen LogP contribution in [0.1, 0.15) is 47.9 Å². The molecule has 0 radical (unpaired) electrons.